The number of nitrogens with zero attached hydrogens (tertiary/aromatic N) is 2. The normalized spacial score (nSPS) is 17.2. The minimum Gasteiger partial charge on any atom is -0.507 e. The van der Waals surface area contributed by atoms with Crippen molar-refractivity contribution in [3.63, 3.8) is 0 Å². The van der Waals surface area contributed by atoms with Crippen LogP contribution in [0.1, 0.15) is 22.7 Å². The van der Waals surface area contributed by atoms with E-state index < -0.39 is 23.5 Å². The number of amides is 1. The molecule has 1 aliphatic heterocycles. The summed E-state index contributed by atoms with van der Waals surface area (Å²) in [5, 5.41) is 11.1. The molecule has 2 aromatic carbocycles. The van der Waals surface area contributed by atoms with Crippen molar-refractivity contribution in [2.75, 3.05) is 6.61 Å². The summed E-state index contributed by atoms with van der Waals surface area (Å²) in [5.74, 6) is -1.75. The van der Waals surface area contributed by atoms with Crippen LogP contribution in [0.25, 0.3) is 5.76 Å². The quantitative estimate of drug-likeness (QED) is 0.253. The number of carbonyl (C=O) groups is 2. The average Bonchev–Trinajstić information content (AvgIpc) is 3.08. The maximum atomic E-state index is 13.6. The Bertz CT molecular complexity index is 1210. The molecule has 1 atom stereocenters. The number of pyridine rings is 1. The fourth-order valence-corrected chi connectivity index (χ4v) is 3.74. The Morgan fingerprint density at radius 2 is 1.85 bits per heavy atom. The molecule has 4 rings (SSSR count). The van der Waals surface area contributed by atoms with Gasteiger partial charge in [0.25, 0.3) is 11.7 Å². The van der Waals surface area contributed by atoms with E-state index in [0.29, 0.717) is 23.5 Å². The Morgan fingerprint density at radius 3 is 2.48 bits per heavy atom. The van der Waals surface area contributed by atoms with Crippen LogP contribution in [-0.4, -0.2) is 33.3 Å². The molecule has 0 saturated carbocycles. The molecule has 3 aromatic rings. The second-order valence-corrected chi connectivity index (χ2v) is 7.46. The van der Waals surface area contributed by atoms with E-state index >= 15 is 0 Å². The van der Waals surface area contributed by atoms with Gasteiger partial charge in [-0.3, -0.25) is 14.6 Å². The predicted molar refractivity (Wildman–Crippen MR) is 121 cm³/mol. The molecule has 7 heteroatoms. The molecule has 0 bridgehead atoms. The summed E-state index contributed by atoms with van der Waals surface area (Å²) in [5.41, 5.74) is 1.52. The van der Waals surface area contributed by atoms with Gasteiger partial charge in [0.05, 0.1) is 11.6 Å². The summed E-state index contributed by atoms with van der Waals surface area (Å²) >= 11 is 0. The smallest absolute Gasteiger partial charge is 0.295 e. The number of hydrogen-bond donors (Lipinski definition) is 1. The number of ether oxygens (including phenoxy) is 1. The van der Waals surface area contributed by atoms with Gasteiger partial charge < -0.3 is 14.7 Å². The van der Waals surface area contributed by atoms with E-state index in [1.807, 2.05) is 0 Å². The van der Waals surface area contributed by atoms with E-state index in [1.54, 1.807) is 54.9 Å². The van der Waals surface area contributed by atoms with Crippen LogP contribution in [0.5, 0.6) is 5.75 Å². The molecule has 6 nitrogen and oxygen atoms in total. The molecule has 0 spiro atoms. The number of aliphatic hydroxyl groups excluding tert-OH is 1. The molecule has 1 N–H and O–H groups in total. The summed E-state index contributed by atoms with van der Waals surface area (Å²) in [6, 6.07) is 14.6. The standard InChI is InChI=1S/C26H21FN2O4/c1-2-14-33-21-11-7-19(8-12-21)24(30)22-23(18-5-9-20(27)10-6-18)29(26(32)25(22)31)16-17-4-3-13-28-15-17/h2-13,15,23,30H,1,14,16H2/b24-22+. The number of likely N-dealkylation sites (tertiary alicyclic amines) is 1. The van der Waals surface area contributed by atoms with Gasteiger partial charge in [-0.25, -0.2) is 4.39 Å². The van der Waals surface area contributed by atoms with Gasteiger partial charge in [-0.2, -0.15) is 0 Å². The molecule has 33 heavy (non-hydrogen) atoms. The first-order valence-electron chi connectivity index (χ1n) is 10.3. The molecule has 1 fully saturated rings. The Labute approximate surface area is 190 Å². The Kier molecular flexibility index (Phi) is 6.31. The topological polar surface area (TPSA) is 79.7 Å². The number of hydrogen-bond acceptors (Lipinski definition) is 5. The summed E-state index contributed by atoms with van der Waals surface area (Å²) in [6.07, 6.45) is 4.82. The van der Waals surface area contributed by atoms with Crippen LogP contribution in [0, 0.1) is 5.82 Å². The highest BCUT2D eigenvalue weighted by atomic mass is 19.1. The maximum absolute atomic E-state index is 13.6. The number of rotatable bonds is 7. The summed E-state index contributed by atoms with van der Waals surface area (Å²) < 4.78 is 19.0. The van der Waals surface area contributed by atoms with Crippen LogP contribution in [0.15, 0.2) is 91.3 Å². The van der Waals surface area contributed by atoms with E-state index in [-0.39, 0.29) is 17.9 Å². The van der Waals surface area contributed by atoms with Crippen LogP contribution in [0.4, 0.5) is 4.39 Å². The fraction of sp³-hybridized carbons (Fsp3) is 0.115. The van der Waals surface area contributed by atoms with Crippen molar-refractivity contribution in [3.8, 4) is 5.75 Å². The highest BCUT2D eigenvalue weighted by Gasteiger charge is 2.46. The van der Waals surface area contributed by atoms with Crippen LogP contribution in [-0.2, 0) is 16.1 Å². The first-order chi connectivity index (χ1) is 16.0. The third-order valence-corrected chi connectivity index (χ3v) is 5.30. The van der Waals surface area contributed by atoms with Gasteiger partial charge in [0.1, 0.15) is 23.9 Å². The van der Waals surface area contributed by atoms with Gasteiger partial charge in [-0.1, -0.05) is 30.9 Å². The first-order valence-corrected chi connectivity index (χ1v) is 10.3. The molecule has 0 aliphatic carbocycles. The minimum absolute atomic E-state index is 0.0599. The van der Waals surface area contributed by atoms with Gasteiger partial charge in [-0.15, -0.1) is 0 Å². The molecule has 1 aromatic heterocycles. The van der Waals surface area contributed by atoms with Crippen molar-refractivity contribution < 1.29 is 23.8 Å². The second-order valence-electron chi connectivity index (χ2n) is 7.46. The monoisotopic (exact) mass is 444 g/mol. The molecule has 2 heterocycles. The van der Waals surface area contributed by atoms with Crippen LogP contribution in [0.2, 0.25) is 0 Å². The van der Waals surface area contributed by atoms with E-state index in [2.05, 4.69) is 11.6 Å². The van der Waals surface area contributed by atoms with Crippen molar-refractivity contribution in [2.24, 2.45) is 0 Å². The van der Waals surface area contributed by atoms with Gasteiger partial charge in [0, 0.05) is 24.5 Å². The minimum atomic E-state index is -0.887. The maximum Gasteiger partial charge on any atom is 0.295 e. The zero-order chi connectivity index (χ0) is 23.4. The molecular weight excluding hydrogens is 423 g/mol. The van der Waals surface area contributed by atoms with Crippen molar-refractivity contribution in [2.45, 2.75) is 12.6 Å². The summed E-state index contributed by atoms with van der Waals surface area (Å²) in [4.78, 5) is 31.5. The molecule has 166 valence electrons. The van der Waals surface area contributed by atoms with Crippen molar-refractivity contribution in [1.29, 1.82) is 0 Å². The van der Waals surface area contributed by atoms with Gasteiger partial charge in [-0.05, 0) is 53.6 Å². The molecule has 1 unspecified atom stereocenters. The highest BCUT2D eigenvalue weighted by Crippen LogP contribution is 2.40. The average molecular weight is 444 g/mol. The van der Waals surface area contributed by atoms with Crippen molar-refractivity contribution >= 4 is 17.4 Å². The van der Waals surface area contributed by atoms with E-state index in [4.69, 9.17) is 4.74 Å². The third-order valence-electron chi connectivity index (χ3n) is 5.30. The largest absolute Gasteiger partial charge is 0.507 e. The number of aliphatic hydroxyl groups is 1. The third kappa shape index (κ3) is 4.52. The number of Topliss-reactive ketones (excluding diaryl/α,β-unsaturated/α-hetero) is 1. The summed E-state index contributed by atoms with van der Waals surface area (Å²) in [7, 11) is 0. The lowest BCUT2D eigenvalue weighted by molar-refractivity contribution is -0.140. The Hall–Kier alpha value is -4.26. The predicted octanol–water partition coefficient (Wildman–Crippen LogP) is 4.41. The fourth-order valence-electron chi connectivity index (χ4n) is 3.74. The van der Waals surface area contributed by atoms with Crippen LogP contribution < -0.4 is 4.74 Å². The SMILES string of the molecule is C=CCOc1ccc(/C(O)=C2\C(=O)C(=O)N(Cc3cccnc3)C2c2ccc(F)cc2)cc1. The molecule has 0 radical (unpaired) electrons. The lowest BCUT2D eigenvalue weighted by Crippen LogP contribution is -2.29. The second kappa shape index (κ2) is 9.48. The van der Waals surface area contributed by atoms with Crippen LogP contribution >= 0.6 is 0 Å². The molecular formula is C26H21FN2O4. The van der Waals surface area contributed by atoms with Gasteiger partial charge in [0.2, 0.25) is 0 Å². The number of benzene rings is 2. The Balaban J connectivity index is 1.78. The molecule has 1 saturated heterocycles. The number of halogens is 1. The van der Waals surface area contributed by atoms with E-state index in [1.165, 1.54) is 29.2 Å². The van der Waals surface area contributed by atoms with Crippen molar-refractivity contribution in [3.05, 3.63) is 114 Å². The lowest BCUT2D eigenvalue weighted by Gasteiger charge is -2.25. The van der Waals surface area contributed by atoms with Crippen molar-refractivity contribution in [1.82, 2.24) is 9.88 Å². The molecule has 1 aliphatic rings. The van der Waals surface area contributed by atoms with Gasteiger partial charge in [0.15, 0.2) is 0 Å². The number of ketones is 1. The Morgan fingerprint density at radius 1 is 1.12 bits per heavy atom. The van der Waals surface area contributed by atoms with Gasteiger partial charge >= 0.3 is 0 Å². The molecule has 1 amide bonds. The van der Waals surface area contributed by atoms with E-state index in [0.717, 1.165) is 5.56 Å². The summed E-state index contributed by atoms with van der Waals surface area (Å²) in [6.45, 7) is 4.03. The zero-order valence-corrected chi connectivity index (χ0v) is 17.6. The first kappa shape index (κ1) is 22.0. The van der Waals surface area contributed by atoms with E-state index in [9.17, 15) is 19.1 Å². The number of carbonyl (C=O) groups excluding carboxylic acids is 2. The lowest BCUT2D eigenvalue weighted by atomic mass is 9.95. The van der Waals surface area contributed by atoms with Crippen LogP contribution in [0.3, 0.4) is 0 Å². The number of aromatic nitrogens is 1. The zero-order valence-electron chi connectivity index (χ0n) is 17.6. The highest BCUT2D eigenvalue weighted by molar-refractivity contribution is 6.46.